The zero-order valence-electron chi connectivity index (χ0n) is 15.6. The molecule has 3 saturated heterocycles. The molecule has 9 nitrogen and oxygen atoms in total. The SMILES string of the molecule is N=C/C(=C\NC1CCNCC1)Nc1ncc(Cl)c(NC2COC3CCOC23)n1. The van der Waals surface area contributed by atoms with Crippen LogP contribution in [0.15, 0.2) is 18.1 Å². The number of nitrogens with one attached hydrogen (secondary N) is 5. The van der Waals surface area contributed by atoms with Crippen molar-refractivity contribution < 1.29 is 9.47 Å². The van der Waals surface area contributed by atoms with Crippen LogP contribution in [0.5, 0.6) is 0 Å². The van der Waals surface area contributed by atoms with Gasteiger partial charge >= 0.3 is 0 Å². The largest absolute Gasteiger partial charge is 0.386 e. The van der Waals surface area contributed by atoms with Crippen molar-refractivity contribution in [3.63, 3.8) is 0 Å². The molecule has 3 fully saturated rings. The second kappa shape index (κ2) is 9.04. The Morgan fingerprint density at radius 1 is 1.29 bits per heavy atom. The van der Waals surface area contributed by atoms with E-state index in [2.05, 4.69) is 31.2 Å². The molecule has 1 aromatic rings. The van der Waals surface area contributed by atoms with E-state index < -0.39 is 0 Å². The number of halogens is 1. The van der Waals surface area contributed by atoms with Gasteiger partial charge < -0.3 is 36.2 Å². The average molecular weight is 408 g/mol. The number of hydrogen-bond donors (Lipinski definition) is 5. The molecule has 3 unspecified atom stereocenters. The summed E-state index contributed by atoms with van der Waals surface area (Å²) >= 11 is 6.28. The van der Waals surface area contributed by atoms with Crippen molar-refractivity contribution >= 4 is 29.6 Å². The Morgan fingerprint density at radius 2 is 2.14 bits per heavy atom. The molecule has 3 aliphatic rings. The summed E-state index contributed by atoms with van der Waals surface area (Å²) in [6, 6.07) is 0.412. The van der Waals surface area contributed by atoms with E-state index in [1.165, 1.54) is 6.21 Å². The minimum absolute atomic E-state index is 0.00655. The Bertz CT molecular complexity index is 726. The van der Waals surface area contributed by atoms with Crippen molar-refractivity contribution in [3.8, 4) is 0 Å². The molecular formula is C18H26ClN7O2. The van der Waals surface area contributed by atoms with E-state index in [0.29, 0.717) is 35.1 Å². The summed E-state index contributed by atoms with van der Waals surface area (Å²) in [7, 11) is 0. The first-order valence-electron chi connectivity index (χ1n) is 9.69. The molecule has 0 bridgehead atoms. The molecule has 0 aliphatic carbocycles. The van der Waals surface area contributed by atoms with Crippen molar-refractivity contribution in [2.45, 2.75) is 43.6 Å². The molecule has 5 N–H and O–H groups in total. The highest BCUT2D eigenvalue weighted by Gasteiger charge is 2.42. The zero-order valence-corrected chi connectivity index (χ0v) is 16.3. The van der Waals surface area contributed by atoms with E-state index >= 15 is 0 Å². The monoisotopic (exact) mass is 407 g/mol. The maximum absolute atomic E-state index is 7.65. The maximum Gasteiger partial charge on any atom is 0.229 e. The van der Waals surface area contributed by atoms with Gasteiger partial charge in [-0.05, 0) is 32.4 Å². The summed E-state index contributed by atoms with van der Waals surface area (Å²) < 4.78 is 11.5. The normalized spacial score (nSPS) is 28.0. The van der Waals surface area contributed by atoms with Crippen LogP contribution in [-0.4, -0.2) is 66.8 Å². The highest BCUT2D eigenvalue weighted by Crippen LogP contribution is 2.30. The summed E-state index contributed by atoms with van der Waals surface area (Å²) in [6.45, 7) is 3.29. The first-order chi connectivity index (χ1) is 13.7. The van der Waals surface area contributed by atoms with Crippen LogP contribution in [0, 0.1) is 5.41 Å². The van der Waals surface area contributed by atoms with Gasteiger partial charge in [0.2, 0.25) is 5.95 Å². The van der Waals surface area contributed by atoms with Gasteiger partial charge in [-0.3, -0.25) is 0 Å². The number of fused-ring (bicyclic) bond motifs is 1. The Kier molecular flexibility index (Phi) is 6.26. The Labute approximate surface area is 169 Å². The second-order valence-electron chi connectivity index (χ2n) is 7.20. The molecular weight excluding hydrogens is 382 g/mol. The van der Waals surface area contributed by atoms with Crippen LogP contribution in [0.3, 0.4) is 0 Å². The van der Waals surface area contributed by atoms with Crippen LogP contribution in [0.4, 0.5) is 11.8 Å². The fourth-order valence-electron chi connectivity index (χ4n) is 3.73. The van der Waals surface area contributed by atoms with E-state index in [1.807, 2.05) is 0 Å². The van der Waals surface area contributed by atoms with Gasteiger partial charge in [0.05, 0.1) is 30.6 Å². The molecule has 3 atom stereocenters. The van der Waals surface area contributed by atoms with Crippen LogP contribution in [0.2, 0.25) is 5.02 Å². The van der Waals surface area contributed by atoms with Gasteiger partial charge in [-0.2, -0.15) is 4.98 Å². The number of hydrogen-bond acceptors (Lipinski definition) is 9. The zero-order chi connectivity index (χ0) is 19.3. The lowest BCUT2D eigenvalue weighted by Crippen LogP contribution is -2.38. The third-order valence-corrected chi connectivity index (χ3v) is 5.53. The van der Waals surface area contributed by atoms with Gasteiger partial charge in [0.15, 0.2) is 5.82 Å². The van der Waals surface area contributed by atoms with Crippen LogP contribution < -0.4 is 21.3 Å². The predicted molar refractivity (Wildman–Crippen MR) is 108 cm³/mol. The van der Waals surface area contributed by atoms with Gasteiger partial charge in [0.25, 0.3) is 0 Å². The quantitative estimate of drug-likeness (QED) is 0.430. The fourth-order valence-corrected chi connectivity index (χ4v) is 3.88. The van der Waals surface area contributed by atoms with Gasteiger partial charge in [-0.1, -0.05) is 11.6 Å². The standard InChI is InChI=1S/C18H26ClN7O2/c19-13-9-23-18(24-12(7-20)8-22-11-1-4-21-5-2-11)26-17(13)25-14-10-28-15-3-6-27-16(14)15/h7-9,11,14-16,20-22H,1-6,10H2,(H2,23,24,25,26)/b12-8+,20-7?. The first kappa shape index (κ1) is 19.4. The lowest BCUT2D eigenvalue weighted by molar-refractivity contribution is 0.0718. The number of allylic oxidation sites excluding steroid dienone is 1. The van der Waals surface area contributed by atoms with Crippen molar-refractivity contribution in [2.24, 2.45) is 0 Å². The van der Waals surface area contributed by atoms with Gasteiger partial charge in [0, 0.05) is 25.1 Å². The predicted octanol–water partition coefficient (Wildman–Crippen LogP) is 1.34. The summed E-state index contributed by atoms with van der Waals surface area (Å²) in [5.74, 6) is 0.899. The van der Waals surface area contributed by atoms with Crippen LogP contribution in [0.1, 0.15) is 19.3 Å². The van der Waals surface area contributed by atoms with Crippen molar-refractivity contribution in [2.75, 3.05) is 36.9 Å². The topological polar surface area (TPSA) is 116 Å². The Balaban J connectivity index is 1.40. The van der Waals surface area contributed by atoms with Crippen LogP contribution in [-0.2, 0) is 9.47 Å². The van der Waals surface area contributed by atoms with E-state index in [4.69, 9.17) is 26.5 Å². The van der Waals surface area contributed by atoms with E-state index in [-0.39, 0.29) is 18.2 Å². The van der Waals surface area contributed by atoms with Gasteiger partial charge in [0.1, 0.15) is 11.1 Å². The summed E-state index contributed by atoms with van der Waals surface area (Å²) in [5.41, 5.74) is 0.579. The summed E-state index contributed by atoms with van der Waals surface area (Å²) in [5, 5.41) is 21.2. The molecule has 28 heavy (non-hydrogen) atoms. The Hall–Kier alpha value is -1.94. The highest BCUT2D eigenvalue weighted by molar-refractivity contribution is 6.32. The molecule has 0 amide bonds. The average Bonchev–Trinajstić information content (AvgIpc) is 3.33. The van der Waals surface area contributed by atoms with Crippen LogP contribution in [0.25, 0.3) is 0 Å². The lowest BCUT2D eigenvalue weighted by atomic mass is 10.1. The fraction of sp³-hybridized carbons (Fsp3) is 0.611. The molecule has 152 valence electrons. The Morgan fingerprint density at radius 3 is 2.96 bits per heavy atom. The third-order valence-electron chi connectivity index (χ3n) is 5.26. The van der Waals surface area contributed by atoms with Crippen molar-refractivity contribution in [3.05, 3.63) is 23.1 Å². The first-order valence-corrected chi connectivity index (χ1v) is 10.1. The molecule has 10 heteroatoms. The third kappa shape index (κ3) is 4.54. The molecule has 0 saturated carbocycles. The molecule has 4 rings (SSSR count). The number of anilines is 2. The van der Waals surface area contributed by atoms with E-state index in [0.717, 1.165) is 39.0 Å². The minimum atomic E-state index is 0.00655. The lowest BCUT2D eigenvalue weighted by Gasteiger charge is -2.23. The van der Waals surface area contributed by atoms with Crippen LogP contribution >= 0.6 is 11.6 Å². The molecule has 1 aromatic heterocycles. The van der Waals surface area contributed by atoms with E-state index in [1.54, 1.807) is 12.4 Å². The second-order valence-corrected chi connectivity index (χ2v) is 7.60. The van der Waals surface area contributed by atoms with Gasteiger partial charge in [-0.15, -0.1) is 0 Å². The van der Waals surface area contributed by atoms with Gasteiger partial charge in [-0.25, -0.2) is 4.98 Å². The van der Waals surface area contributed by atoms with Crippen molar-refractivity contribution in [1.82, 2.24) is 20.6 Å². The summed E-state index contributed by atoms with van der Waals surface area (Å²) in [4.78, 5) is 8.70. The highest BCUT2D eigenvalue weighted by atomic mass is 35.5. The van der Waals surface area contributed by atoms with E-state index in [9.17, 15) is 0 Å². The molecule has 4 heterocycles. The minimum Gasteiger partial charge on any atom is -0.386 e. The molecule has 3 aliphatic heterocycles. The number of ether oxygens (including phenoxy) is 2. The molecule has 0 aromatic carbocycles. The number of piperidine rings is 1. The number of rotatable bonds is 7. The molecule has 0 spiro atoms. The smallest absolute Gasteiger partial charge is 0.229 e. The summed E-state index contributed by atoms with van der Waals surface area (Å²) in [6.07, 6.45) is 7.78. The number of aromatic nitrogens is 2. The maximum atomic E-state index is 7.65. The van der Waals surface area contributed by atoms with Crippen molar-refractivity contribution in [1.29, 1.82) is 5.41 Å². The number of nitrogens with zero attached hydrogens (tertiary/aromatic N) is 2. The molecule has 0 radical (unpaired) electrons.